The number of fused-ring (bicyclic) bond motifs is 1. The lowest BCUT2D eigenvalue weighted by Gasteiger charge is -2.40. The zero-order chi connectivity index (χ0) is 20.5. The molecule has 1 unspecified atom stereocenters. The summed E-state index contributed by atoms with van der Waals surface area (Å²) in [6.45, 7) is 2.20. The summed E-state index contributed by atoms with van der Waals surface area (Å²) >= 11 is 0. The second-order valence-corrected chi connectivity index (χ2v) is 8.71. The zero-order valence-corrected chi connectivity index (χ0v) is 17.5. The minimum absolute atomic E-state index is 0.0698. The van der Waals surface area contributed by atoms with Gasteiger partial charge in [-0.1, -0.05) is 24.6 Å². The molecule has 30 heavy (non-hydrogen) atoms. The Kier molecular flexibility index (Phi) is 5.30. The van der Waals surface area contributed by atoms with Crippen LogP contribution in [0.25, 0.3) is 22.0 Å². The Balaban J connectivity index is 1.42. The van der Waals surface area contributed by atoms with Gasteiger partial charge in [0.25, 0.3) is 5.56 Å². The molecular formula is C25H29N3O2. The molecule has 2 heterocycles. The molecule has 5 heteroatoms. The van der Waals surface area contributed by atoms with Crippen molar-refractivity contribution in [3.63, 3.8) is 0 Å². The van der Waals surface area contributed by atoms with Gasteiger partial charge < -0.3 is 10.1 Å². The molecule has 1 N–H and O–H groups in total. The fourth-order valence-electron chi connectivity index (χ4n) is 4.88. The predicted octanol–water partition coefficient (Wildman–Crippen LogP) is 4.15. The first-order valence-electron chi connectivity index (χ1n) is 11.1. The minimum Gasteiger partial charge on any atom is -0.490 e. The highest BCUT2D eigenvalue weighted by Crippen LogP contribution is 2.38. The second kappa shape index (κ2) is 8.23. The maximum Gasteiger partial charge on any atom is 0.274 e. The largest absolute Gasteiger partial charge is 0.490 e. The van der Waals surface area contributed by atoms with Gasteiger partial charge in [-0.2, -0.15) is 5.10 Å². The van der Waals surface area contributed by atoms with E-state index in [0.717, 1.165) is 35.5 Å². The summed E-state index contributed by atoms with van der Waals surface area (Å²) in [5.74, 6) is 2.27. The highest BCUT2D eigenvalue weighted by molar-refractivity contribution is 5.93. The number of nitrogens with one attached hydrogen (secondary N) is 1. The van der Waals surface area contributed by atoms with E-state index in [1.807, 2.05) is 24.3 Å². The standard InChI is InChI=1S/C25H29N3O2/c1-28-25(29)22-8-3-2-7-21(22)23(27-28)17-9-11-20(12-10-17)30-24(18-5-4-6-18)19-13-15-26-16-14-19/h2-3,7-12,18-19,24,26H,4-6,13-16H2,1H3. The smallest absolute Gasteiger partial charge is 0.274 e. The Morgan fingerprint density at radius 2 is 1.63 bits per heavy atom. The van der Waals surface area contributed by atoms with Crippen LogP contribution in [0.15, 0.2) is 53.3 Å². The van der Waals surface area contributed by atoms with E-state index in [0.29, 0.717) is 23.3 Å². The number of piperidine rings is 1. The number of hydrogen-bond acceptors (Lipinski definition) is 4. The van der Waals surface area contributed by atoms with Crippen LogP contribution in [0.4, 0.5) is 0 Å². The summed E-state index contributed by atoms with van der Waals surface area (Å²) in [4.78, 5) is 12.4. The van der Waals surface area contributed by atoms with Crippen LogP contribution in [0.1, 0.15) is 32.1 Å². The van der Waals surface area contributed by atoms with Crippen molar-refractivity contribution in [2.45, 2.75) is 38.2 Å². The Bertz CT molecular complexity index is 1080. The van der Waals surface area contributed by atoms with Crippen LogP contribution in [0, 0.1) is 11.8 Å². The molecule has 156 valence electrons. The Morgan fingerprint density at radius 3 is 2.30 bits per heavy atom. The van der Waals surface area contributed by atoms with Crippen LogP contribution in [0.5, 0.6) is 5.75 Å². The Morgan fingerprint density at radius 1 is 0.967 bits per heavy atom. The van der Waals surface area contributed by atoms with Crippen molar-refractivity contribution in [2.75, 3.05) is 13.1 Å². The molecule has 1 atom stereocenters. The van der Waals surface area contributed by atoms with Gasteiger partial charge in [-0.15, -0.1) is 0 Å². The lowest BCUT2D eigenvalue weighted by Crippen LogP contribution is -2.43. The molecule has 0 radical (unpaired) electrons. The van der Waals surface area contributed by atoms with Crippen LogP contribution in [-0.2, 0) is 7.05 Å². The quantitative estimate of drug-likeness (QED) is 0.695. The monoisotopic (exact) mass is 403 g/mol. The summed E-state index contributed by atoms with van der Waals surface area (Å²) < 4.78 is 8.00. The van der Waals surface area contributed by atoms with Gasteiger partial charge in [-0.25, -0.2) is 4.68 Å². The third-order valence-electron chi connectivity index (χ3n) is 6.82. The van der Waals surface area contributed by atoms with E-state index < -0.39 is 0 Å². The molecule has 2 aromatic carbocycles. The number of aryl methyl sites for hydroxylation is 1. The summed E-state index contributed by atoms with van der Waals surface area (Å²) in [7, 11) is 1.71. The lowest BCUT2D eigenvalue weighted by molar-refractivity contribution is 0.0240. The molecule has 2 fully saturated rings. The number of ether oxygens (including phenoxy) is 1. The molecule has 1 saturated carbocycles. The lowest BCUT2D eigenvalue weighted by atomic mass is 9.74. The molecule has 2 aliphatic rings. The van der Waals surface area contributed by atoms with E-state index in [1.165, 1.54) is 36.8 Å². The van der Waals surface area contributed by atoms with Gasteiger partial charge in [0.15, 0.2) is 0 Å². The second-order valence-electron chi connectivity index (χ2n) is 8.71. The molecule has 0 bridgehead atoms. The molecule has 1 aliphatic heterocycles. The SMILES string of the molecule is Cn1nc(-c2ccc(OC(C3CCC3)C3CCNCC3)cc2)c2ccccc2c1=O. The molecule has 1 aromatic heterocycles. The van der Waals surface area contributed by atoms with Crippen LogP contribution in [0.2, 0.25) is 0 Å². The fourth-order valence-corrected chi connectivity index (χ4v) is 4.88. The van der Waals surface area contributed by atoms with Gasteiger partial charge in [0.05, 0.1) is 11.1 Å². The van der Waals surface area contributed by atoms with Gasteiger partial charge >= 0.3 is 0 Å². The molecule has 1 aliphatic carbocycles. The molecule has 5 nitrogen and oxygen atoms in total. The fraction of sp³-hybridized carbons (Fsp3) is 0.440. The highest BCUT2D eigenvalue weighted by atomic mass is 16.5. The topological polar surface area (TPSA) is 56.1 Å². The van der Waals surface area contributed by atoms with E-state index in [2.05, 4.69) is 34.7 Å². The number of aromatic nitrogens is 2. The van der Waals surface area contributed by atoms with Crippen molar-refractivity contribution in [1.82, 2.24) is 15.1 Å². The average molecular weight is 404 g/mol. The molecule has 1 saturated heterocycles. The van der Waals surface area contributed by atoms with E-state index in [1.54, 1.807) is 7.05 Å². The zero-order valence-electron chi connectivity index (χ0n) is 17.5. The third-order valence-corrected chi connectivity index (χ3v) is 6.82. The first-order valence-corrected chi connectivity index (χ1v) is 11.1. The molecule has 0 spiro atoms. The first kappa shape index (κ1) is 19.3. The molecular weight excluding hydrogens is 374 g/mol. The van der Waals surface area contributed by atoms with Gasteiger partial charge in [0.2, 0.25) is 0 Å². The maximum atomic E-state index is 12.4. The van der Waals surface area contributed by atoms with Gasteiger partial charge in [0, 0.05) is 18.0 Å². The van der Waals surface area contributed by atoms with Crippen molar-refractivity contribution < 1.29 is 4.74 Å². The van der Waals surface area contributed by atoms with Crippen LogP contribution < -0.4 is 15.6 Å². The summed E-state index contributed by atoms with van der Waals surface area (Å²) in [6.07, 6.45) is 6.64. The van der Waals surface area contributed by atoms with Gasteiger partial charge in [0.1, 0.15) is 11.9 Å². The number of hydrogen-bond donors (Lipinski definition) is 1. The maximum absolute atomic E-state index is 12.4. The highest BCUT2D eigenvalue weighted by Gasteiger charge is 2.35. The van der Waals surface area contributed by atoms with Gasteiger partial charge in [-0.3, -0.25) is 4.79 Å². The van der Waals surface area contributed by atoms with Crippen molar-refractivity contribution >= 4 is 10.8 Å². The van der Waals surface area contributed by atoms with Gasteiger partial charge in [-0.05, 0) is 80.9 Å². The number of nitrogens with zero attached hydrogens (tertiary/aromatic N) is 2. The minimum atomic E-state index is -0.0698. The first-order chi connectivity index (χ1) is 14.7. The van der Waals surface area contributed by atoms with Crippen LogP contribution in [0.3, 0.4) is 0 Å². The Hall–Kier alpha value is -2.66. The van der Waals surface area contributed by atoms with E-state index in [-0.39, 0.29) is 5.56 Å². The number of benzene rings is 2. The molecule has 0 amide bonds. The van der Waals surface area contributed by atoms with E-state index in [9.17, 15) is 4.79 Å². The molecule has 5 rings (SSSR count). The van der Waals surface area contributed by atoms with Crippen molar-refractivity contribution in [3.8, 4) is 17.0 Å². The summed E-state index contributed by atoms with van der Waals surface area (Å²) in [6, 6.07) is 15.9. The van der Waals surface area contributed by atoms with Crippen molar-refractivity contribution in [3.05, 3.63) is 58.9 Å². The van der Waals surface area contributed by atoms with Crippen molar-refractivity contribution in [1.29, 1.82) is 0 Å². The third kappa shape index (κ3) is 3.63. The number of rotatable bonds is 5. The van der Waals surface area contributed by atoms with E-state index in [4.69, 9.17) is 4.74 Å². The summed E-state index contributed by atoms with van der Waals surface area (Å²) in [5.41, 5.74) is 1.75. The Labute approximate surface area is 177 Å². The summed E-state index contributed by atoms with van der Waals surface area (Å²) in [5, 5.41) is 9.59. The van der Waals surface area contributed by atoms with Crippen LogP contribution >= 0.6 is 0 Å². The normalized spacial score (nSPS) is 18.8. The average Bonchev–Trinajstić information content (AvgIpc) is 2.76. The van der Waals surface area contributed by atoms with E-state index >= 15 is 0 Å². The predicted molar refractivity (Wildman–Crippen MR) is 120 cm³/mol. The van der Waals surface area contributed by atoms with Crippen LogP contribution in [-0.4, -0.2) is 29.0 Å². The van der Waals surface area contributed by atoms with Crippen molar-refractivity contribution in [2.24, 2.45) is 18.9 Å². The molecule has 3 aromatic rings.